The first-order valence-electron chi connectivity index (χ1n) is 7.95. The van der Waals surface area contributed by atoms with Gasteiger partial charge >= 0.3 is 10.2 Å². The normalized spacial score (nSPS) is 23.7. The van der Waals surface area contributed by atoms with Gasteiger partial charge in [-0.15, -0.1) is 0 Å². The van der Waals surface area contributed by atoms with E-state index >= 15 is 0 Å². The smallest absolute Gasteiger partial charge is 0.301 e. The van der Waals surface area contributed by atoms with Gasteiger partial charge in [0.1, 0.15) is 0 Å². The van der Waals surface area contributed by atoms with Crippen LogP contribution < -0.4 is 4.72 Å². The number of hydrogen-bond acceptors (Lipinski definition) is 4. The fourth-order valence-electron chi connectivity index (χ4n) is 2.86. The highest BCUT2D eigenvalue weighted by molar-refractivity contribution is 7.87. The van der Waals surface area contributed by atoms with E-state index in [9.17, 15) is 13.2 Å². The lowest BCUT2D eigenvalue weighted by Gasteiger charge is -2.35. The van der Waals surface area contributed by atoms with Crippen molar-refractivity contribution in [3.05, 3.63) is 47.7 Å². The molecule has 7 nitrogen and oxygen atoms in total. The highest BCUT2D eigenvalue weighted by Gasteiger charge is 2.36. The minimum absolute atomic E-state index is 0.159. The zero-order valence-electron chi connectivity index (χ0n) is 13.5. The summed E-state index contributed by atoms with van der Waals surface area (Å²) in [4.78, 5) is 14.7. The Bertz CT molecular complexity index is 727. The van der Waals surface area contributed by atoms with Crippen LogP contribution >= 0.6 is 0 Å². The summed E-state index contributed by atoms with van der Waals surface area (Å²) < 4.78 is 33.8. The molecule has 0 aromatic heterocycles. The van der Waals surface area contributed by atoms with E-state index in [1.807, 2.05) is 30.3 Å². The number of rotatable bonds is 3. The van der Waals surface area contributed by atoms with E-state index < -0.39 is 16.3 Å². The molecule has 2 aliphatic heterocycles. The van der Waals surface area contributed by atoms with Gasteiger partial charge in [0, 0.05) is 25.8 Å². The molecule has 1 unspecified atom stereocenters. The van der Waals surface area contributed by atoms with Crippen LogP contribution in [-0.2, 0) is 19.7 Å². The molecule has 0 saturated carbocycles. The molecule has 8 heteroatoms. The van der Waals surface area contributed by atoms with Crippen molar-refractivity contribution in [2.45, 2.75) is 13.0 Å². The van der Waals surface area contributed by atoms with Crippen LogP contribution in [0.2, 0.25) is 0 Å². The standard InChI is InChI=1S/C16H21N3O4S/c1-2-19-12-14(16(20)18-8-10-23-11-9-18)15(17-24(19,21)22)13-6-4-3-5-7-13/h3-7,12,15,17H,2,8-11H2,1H3. The molecule has 2 aliphatic rings. The van der Waals surface area contributed by atoms with Crippen molar-refractivity contribution in [1.82, 2.24) is 13.9 Å². The lowest BCUT2D eigenvalue weighted by molar-refractivity contribution is -0.131. The third kappa shape index (κ3) is 3.31. The van der Waals surface area contributed by atoms with Gasteiger partial charge in [0.2, 0.25) is 0 Å². The second-order valence-electron chi connectivity index (χ2n) is 5.66. The summed E-state index contributed by atoms with van der Waals surface area (Å²) in [6.45, 7) is 4.01. The molecule has 1 N–H and O–H groups in total. The van der Waals surface area contributed by atoms with Crippen molar-refractivity contribution in [2.24, 2.45) is 0 Å². The van der Waals surface area contributed by atoms with E-state index in [1.54, 1.807) is 11.8 Å². The first kappa shape index (κ1) is 16.9. The first-order valence-corrected chi connectivity index (χ1v) is 9.39. The predicted molar refractivity (Wildman–Crippen MR) is 89.1 cm³/mol. The number of ether oxygens (including phenoxy) is 1. The molecule has 3 rings (SSSR count). The number of carbonyl (C=O) groups excluding carboxylic acids is 1. The summed E-state index contributed by atoms with van der Waals surface area (Å²) in [5.74, 6) is -0.159. The summed E-state index contributed by atoms with van der Waals surface area (Å²) in [5.41, 5.74) is 1.17. The van der Waals surface area contributed by atoms with Gasteiger partial charge in [-0.25, -0.2) is 0 Å². The van der Waals surface area contributed by atoms with Crippen molar-refractivity contribution < 1.29 is 17.9 Å². The molecule has 130 valence electrons. The third-order valence-electron chi connectivity index (χ3n) is 4.16. The summed E-state index contributed by atoms with van der Waals surface area (Å²) in [7, 11) is -3.66. The summed E-state index contributed by atoms with van der Waals surface area (Å²) in [6, 6.07) is 8.45. The van der Waals surface area contributed by atoms with Gasteiger partial charge in [-0.1, -0.05) is 30.3 Å². The number of carbonyl (C=O) groups is 1. The van der Waals surface area contributed by atoms with Crippen LogP contribution in [0.5, 0.6) is 0 Å². The van der Waals surface area contributed by atoms with Crippen LogP contribution in [0.25, 0.3) is 0 Å². The summed E-state index contributed by atoms with van der Waals surface area (Å²) >= 11 is 0. The number of nitrogens with one attached hydrogen (secondary N) is 1. The Hall–Kier alpha value is -1.90. The Balaban J connectivity index is 1.99. The topological polar surface area (TPSA) is 79.0 Å². The molecule has 1 aromatic carbocycles. The number of hydrogen-bond donors (Lipinski definition) is 1. The molecule has 24 heavy (non-hydrogen) atoms. The van der Waals surface area contributed by atoms with Gasteiger partial charge in [0.25, 0.3) is 5.91 Å². The quantitative estimate of drug-likeness (QED) is 0.867. The maximum atomic E-state index is 12.9. The third-order valence-corrected chi connectivity index (χ3v) is 5.67. The zero-order chi connectivity index (χ0) is 17.2. The fraction of sp³-hybridized carbons (Fsp3) is 0.438. The van der Waals surface area contributed by atoms with Crippen molar-refractivity contribution in [1.29, 1.82) is 0 Å². The van der Waals surface area contributed by atoms with E-state index in [1.165, 1.54) is 10.5 Å². The highest BCUT2D eigenvalue weighted by atomic mass is 32.2. The van der Waals surface area contributed by atoms with Gasteiger partial charge in [-0.2, -0.15) is 13.1 Å². The lowest BCUT2D eigenvalue weighted by Crippen LogP contribution is -2.49. The van der Waals surface area contributed by atoms with Gasteiger partial charge in [0.15, 0.2) is 0 Å². The number of morpholine rings is 1. The van der Waals surface area contributed by atoms with E-state index in [0.29, 0.717) is 31.9 Å². The van der Waals surface area contributed by atoms with Crippen molar-refractivity contribution in [3.8, 4) is 0 Å². The number of nitrogens with zero attached hydrogens (tertiary/aromatic N) is 2. The molecule has 0 aliphatic carbocycles. The molecule has 1 saturated heterocycles. The van der Waals surface area contributed by atoms with E-state index in [-0.39, 0.29) is 12.5 Å². The van der Waals surface area contributed by atoms with Gasteiger partial charge in [-0.05, 0) is 12.5 Å². The summed E-state index contributed by atoms with van der Waals surface area (Å²) in [5, 5.41) is 0. The number of benzene rings is 1. The Kier molecular flexibility index (Phi) is 4.88. The predicted octanol–water partition coefficient (Wildman–Crippen LogP) is 0.640. The van der Waals surface area contributed by atoms with Crippen LogP contribution in [0, 0.1) is 0 Å². The van der Waals surface area contributed by atoms with E-state index in [0.717, 1.165) is 5.56 Å². The molecule has 2 heterocycles. The van der Waals surface area contributed by atoms with Crippen LogP contribution in [0.3, 0.4) is 0 Å². The van der Waals surface area contributed by atoms with Gasteiger partial charge < -0.3 is 9.64 Å². The SMILES string of the molecule is CCN1C=C(C(=O)N2CCOCC2)C(c2ccccc2)NS1(=O)=O. The van der Waals surface area contributed by atoms with Crippen molar-refractivity contribution in [2.75, 3.05) is 32.8 Å². The zero-order valence-corrected chi connectivity index (χ0v) is 14.3. The highest BCUT2D eigenvalue weighted by Crippen LogP contribution is 2.29. The monoisotopic (exact) mass is 351 g/mol. The molecule has 1 fully saturated rings. The molecule has 1 amide bonds. The minimum Gasteiger partial charge on any atom is -0.378 e. The Labute approximate surface area is 142 Å². The molecule has 0 radical (unpaired) electrons. The molecule has 1 atom stereocenters. The van der Waals surface area contributed by atoms with Crippen LogP contribution in [0.1, 0.15) is 18.5 Å². The Morgan fingerprint density at radius 3 is 2.54 bits per heavy atom. The van der Waals surface area contributed by atoms with Crippen molar-refractivity contribution >= 4 is 16.1 Å². The van der Waals surface area contributed by atoms with Crippen LogP contribution in [-0.4, -0.2) is 56.4 Å². The minimum atomic E-state index is -3.66. The van der Waals surface area contributed by atoms with Crippen molar-refractivity contribution in [3.63, 3.8) is 0 Å². The second-order valence-corrected chi connectivity index (χ2v) is 7.31. The lowest BCUT2D eigenvalue weighted by atomic mass is 9.99. The van der Waals surface area contributed by atoms with E-state index in [4.69, 9.17) is 4.74 Å². The molecule has 0 bridgehead atoms. The second kappa shape index (κ2) is 6.92. The van der Waals surface area contributed by atoms with Crippen LogP contribution in [0.4, 0.5) is 0 Å². The molecular formula is C16H21N3O4S. The molecule has 1 aromatic rings. The Morgan fingerprint density at radius 2 is 1.92 bits per heavy atom. The Morgan fingerprint density at radius 1 is 1.25 bits per heavy atom. The number of amides is 1. The van der Waals surface area contributed by atoms with Crippen LogP contribution in [0.15, 0.2) is 42.1 Å². The first-order chi connectivity index (χ1) is 11.5. The largest absolute Gasteiger partial charge is 0.378 e. The van der Waals surface area contributed by atoms with Gasteiger partial charge in [-0.3, -0.25) is 9.10 Å². The maximum absolute atomic E-state index is 12.9. The average Bonchev–Trinajstić information content (AvgIpc) is 2.62. The maximum Gasteiger partial charge on any atom is 0.301 e. The molecule has 0 spiro atoms. The van der Waals surface area contributed by atoms with Gasteiger partial charge in [0.05, 0.1) is 24.8 Å². The summed E-state index contributed by atoms with van der Waals surface area (Å²) in [6.07, 6.45) is 1.46. The van der Waals surface area contributed by atoms with E-state index in [2.05, 4.69) is 4.72 Å². The fourth-order valence-corrected chi connectivity index (χ4v) is 4.15. The molecular weight excluding hydrogens is 330 g/mol. The average molecular weight is 351 g/mol.